The minimum atomic E-state index is -0.506. The number of hydrogen-bond donors (Lipinski definition) is 1. The molecule has 0 atom stereocenters. The lowest BCUT2D eigenvalue weighted by Gasteiger charge is -2.08. The lowest BCUT2D eigenvalue weighted by atomic mass is 10.2. The van der Waals surface area contributed by atoms with Crippen molar-refractivity contribution in [3.8, 4) is 5.75 Å². The van der Waals surface area contributed by atoms with Gasteiger partial charge in [-0.25, -0.2) is 5.43 Å². The Morgan fingerprint density at radius 1 is 1.26 bits per heavy atom. The molecule has 0 heterocycles. The van der Waals surface area contributed by atoms with Crippen LogP contribution in [0.25, 0.3) is 0 Å². The average molecular weight is 313 g/mol. The topological polar surface area (TPSA) is 93.8 Å². The van der Waals surface area contributed by atoms with Gasteiger partial charge in [0.05, 0.1) is 28.9 Å². The zero-order chi connectivity index (χ0) is 16.7. The molecule has 0 unspecified atom stereocenters. The monoisotopic (exact) mass is 313 g/mol. The Hall–Kier alpha value is -3.22. The number of carbonyl (C=O) groups is 1. The number of benzene rings is 2. The molecule has 7 heteroatoms. The smallest absolute Gasteiger partial charge is 0.278 e. The van der Waals surface area contributed by atoms with Crippen molar-refractivity contribution in [2.45, 2.75) is 6.92 Å². The van der Waals surface area contributed by atoms with Gasteiger partial charge < -0.3 is 4.74 Å². The molecule has 118 valence electrons. The first-order valence-corrected chi connectivity index (χ1v) is 6.92. The van der Waals surface area contributed by atoms with E-state index in [-0.39, 0.29) is 5.69 Å². The van der Waals surface area contributed by atoms with Crippen molar-refractivity contribution < 1.29 is 14.5 Å². The van der Waals surface area contributed by atoms with Gasteiger partial charge in [-0.3, -0.25) is 14.9 Å². The van der Waals surface area contributed by atoms with Crippen molar-refractivity contribution in [1.82, 2.24) is 5.43 Å². The molecule has 1 N–H and O–H groups in total. The SMILES string of the molecule is CCOc1ccccc1C(=O)N/N=C\c1ccccc1[N+](=O)[O-]. The predicted molar refractivity (Wildman–Crippen MR) is 85.8 cm³/mol. The summed E-state index contributed by atoms with van der Waals surface area (Å²) in [4.78, 5) is 22.5. The highest BCUT2D eigenvalue weighted by atomic mass is 16.6. The minimum Gasteiger partial charge on any atom is -0.493 e. The Balaban J connectivity index is 2.12. The van der Waals surface area contributed by atoms with Gasteiger partial charge in [0.1, 0.15) is 5.75 Å². The van der Waals surface area contributed by atoms with Gasteiger partial charge in [0.15, 0.2) is 0 Å². The highest BCUT2D eigenvalue weighted by molar-refractivity contribution is 5.97. The van der Waals surface area contributed by atoms with Crippen molar-refractivity contribution in [3.05, 3.63) is 69.8 Å². The summed E-state index contributed by atoms with van der Waals surface area (Å²) in [5, 5.41) is 14.7. The van der Waals surface area contributed by atoms with Crippen LogP contribution in [0.2, 0.25) is 0 Å². The lowest BCUT2D eigenvalue weighted by Crippen LogP contribution is -2.18. The van der Waals surface area contributed by atoms with E-state index in [9.17, 15) is 14.9 Å². The van der Waals surface area contributed by atoms with Crippen LogP contribution in [0.5, 0.6) is 5.75 Å². The summed E-state index contributed by atoms with van der Waals surface area (Å²) in [6.45, 7) is 2.26. The molecular weight excluding hydrogens is 298 g/mol. The third-order valence-corrected chi connectivity index (χ3v) is 2.93. The first-order chi connectivity index (χ1) is 11.1. The molecule has 23 heavy (non-hydrogen) atoms. The van der Waals surface area contributed by atoms with Crippen molar-refractivity contribution in [3.63, 3.8) is 0 Å². The molecule has 0 saturated heterocycles. The highest BCUT2D eigenvalue weighted by Gasteiger charge is 2.12. The number of amides is 1. The maximum atomic E-state index is 12.1. The van der Waals surface area contributed by atoms with Crippen molar-refractivity contribution in [2.24, 2.45) is 5.10 Å². The summed E-state index contributed by atoms with van der Waals surface area (Å²) in [7, 11) is 0. The highest BCUT2D eigenvalue weighted by Crippen LogP contribution is 2.18. The molecule has 0 bridgehead atoms. The predicted octanol–water partition coefficient (Wildman–Crippen LogP) is 2.76. The Morgan fingerprint density at radius 2 is 1.96 bits per heavy atom. The minimum absolute atomic E-state index is 0.0831. The maximum absolute atomic E-state index is 12.1. The van der Waals surface area contributed by atoms with E-state index in [4.69, 9.17) is 4.74 Å². The fourth-order valence-corrected chi connectivity index (χ4v) is 1.92. The van der Waals surface area contributed by atoms with Crippen LogP contribution in [0.15, 0.2) is 53.6 Å². The lowest BCUT2D eigenvalue weighted by molar-refractivity contribution is -0.385. The summed E-state index contributed by atoms with van der Waals surface area (Å²) < 4.78 is 5.37. The number of nitrogens with zero attached hydrogens (tertiary/aromatic N) is 2. The molecule has 0 aliphatic heterocycles. The van der Waals surface area contributed by atoms with E-state index in [2.05, 4.69) is 10.5 Å². The van der Waals surface area contributed by atoms with Crippen LogP contribution >= 0.6 is 0 Å². The number of nitrogens with one attached hydrogen (secondary N) is 1. The van der Waals surface area contributed by atoms with Gasteiger partial charge in [0, 0.05) is 6.07 Å². The molecule has 1 amide bonds. The quantitative estimate of drug-likeness (QED) is 0.504. The van der Waals surface area contributed by atoms with E-state index < -0.39 is 10.8 Å². The molecule has 0 saturated carbocycles. The number of carbonyl (C=O) groups excluding carboxylic acids is 1. The fourth-order valence-electron chi connectivity index (χ4n) is 1.92. The molecule has 0 aromatic heterocycles. The number of hydrogen-bond acceptors (Lipinski definition) is 5. The van der Waals surface area contributed by atoms with Gasteiger partial charge in [-0.05, 0) is 25.1 Å². The van der Waals surface area contributed by atoms with E-state index in [1.54, 1.807) is 42.5 Å². The van der Waals surface area contributed by atoms with Crippen LogP contribution in [-0.4, -0.2) is 23.7 Å². The van der Waals surface area contributed by atoms with Gasteiger partial charge in [-0.15, -0.1) is 0 Å². The van der Waals surface area contributed by atoms with Gasteiger partial charge in [-0.1, -0.05) is 24.3 Å². The van der Waals surface area contributed by atoms with Crippen LogP contribution in [0.4, 0.5) is 5.69 Å². The number of nitro benzene ring substituents is 1. The molecule has 0 aliphatic carbocycles. The van der Waals surface area contributed by atoms with E-state index >= 15 is 0 Å². The number of ether oxygens (including phenoxy) is 1. The third-order valence-electron chi connectivity index (χ3n) is 2.93. The molecule has 0 aliphatic rings. The molecule has 0 radical (unpaired) electrons. The number of para-hydroxylation sites is 2. The molecule has 2 rings (SSSR count). The normalized spacial score (nSPS) is 10.5. The Labute approximate surface area is 132 Å². The second-order valence-electron chi connectivity index (χ2n) is 4.44. The first kappa shape index (κ1) is 16.2. The van der Waals surface area contributed by atoms with Crippen LogP contribution in [0.3, 0.4) is 0 Å². The standard InChI is InChI=1S/C16H15N3O4/c1-2-23-15-10-6-4-8-13(15)16(20)18-17-11-12-7-3-5-9-14(12)19(21)22/h3-11H,2H2,1H3,(H,18,20)/b17-11-. The summed E-state index contributed by atoms with van der Waals surface area (Å²) in [6, 6.07) is 12.9. The molecule has 7 nitrogen and oxygen atoms in total. The van der Waals surface area contributed by atoms with Crippen molar-refractivity contribution in [1.29, 1.82) is 0 Å². The summed E-state index contributed by atoms with van der Waals surface area (Å²) in [5.74, 6) is -0.00252. The second kappa shape index (κ2) is 7.69. The zero-order valence-corrected chi connectivity index (χ0v) is 12.4. The molecule has 2 aromatic rings. The Morgan fingerprint density at radius 3 is 2.70 bits per heavy atom. The second-order valence-corrected chi connectivity index (χ2v) is 4.44. The van der Waals surface area contributed by atoms with E-state index in [1.807, 2.05) is 6.92 Å². The first-order valence-electron chi connectivity index (χ1n) is 6.92. The average Bonchev–Trinajstić information content (AvgIpc) is 2.56. The molecule has 2 aromatic carbocycles. The van der Waals surface area contributed by atoms with Crippen molar-refractivity contribution >= 4 is 17.8 Å². The summed E-state index contributed by atoms with van der Waals surface area (Å²) in [6.07, 6.45) is 1.24. The maximum Gasteiger partial charge on any atom is 0.278 e. The number of hydrazone groups is 1. The van der Waals surface area contributed by atoms with Crippen LogP contribution in [0.1, 0.15) is 22.8 Å². The summed E-state index contributed by atoms with van der Waals surface area (Å²) in [5.41, 5.74) is 2.90. The van der Waals surface area contributed by atoms with Gasteiger partial charge in [0.2, 0.25) is 0 Å². The fraction of sp³-hybridized carbons (Fsp3) is 0.125. The van der Waals surface area contributed by atoms with E-state index in [0.29, 0.717) is 23.5 Å². The number of rotatable bonds is 6. The number of nitro groups is 1. The Bertz CT molecular complexity index is 744. The summed E-state index contributed by atoms with van der Waals surface area (Å²) >= 11 is 0. The van der Waals surface area contributed by atoms with Gasteiger partial charge >= 0.3 is 0 Å². The third kappa shape index (κ3) is 4.13. The van der Waals surface area contributed by atoms with Crippen LogP contribution in [-0.2, 0) is 0 Å². The molecule has 0 fully saturated rings. The Kier molecular flexibility index (Phi) is 5.40. The van der Waals surface area contributed by atoms with Crippen LogP contribution < -0.4 is 10.2 Å². The van der Waals surface area contributed by atoms with Gasteiger partial charge in [-0.2, -0.15) is 5.10 Å². The van der Waals surface area contributed by atoms with E-state index in [1.165, 1.54) is 12.3 Å². The largest absolute Gasteiger partial charge is 0.493 e. The van der Waals surface area contributed by atoms with Crippen molar-refractivity contribution in [2.75, 3.05) is 6.61 Å². The molecular formula is C16H15N3O4. The van der Waals surface area contributed by atoms with Crippen LogP contribution in [0, 0.1) is 10.1 Å². The van der Waals surface area contributed by atoms with E-state index in [0.717, 1.165) is 0 Å². The zero-order valence-electron chi connectivity index (χ0n) is 12.4. The molecule has 0 spiro atoms. The van der Waals surface area contributed by atoms with Gasteiger partial charge in [0.25, 0.3) is 11.6 Å².